The van der Waals surface area contributed by atoms with Gasteiger partial charge in [0.2, 0.25) is 0 Å². The van der Waals surface area contributed by atoms with E-state index in [4.69, 9.17) is 0 Å². The number of hydrogen-bond donors (Lipinski definition) is 1. The third-order valence-corrected chi connectivity index (χ3v) is 4.53. The van der Waals surface area contributed by atoms with Gasteiger partial charge in [0.1, 0.15) is 0 Å². The number of aliphatic hydroxyl groups is 1. The smallest absolute Gasteiger partial charge is 0.0919 e. The summed E-state index contributed by atoms with van der Waals surface area (Å²) in [6, 6.07) is 18.8. The molecule has 1 fully saturated rings. The molecule has 0 bridgehead atoms. The molecule has 0 aromatic heterocycles. The summed E-state index contributed by atoms with van der Waals surface area (Å²) in [5.74, 6) is 0. The molecular weight excluding hydrogens is 270 g/mol. The Morgan fingerprint density at radius 1 is 0.864 bits per heavy atom. The lowest BCUT2D eigenvalue weighted by Gasteiger charge is -2.29. The Balaban J connectivity index is 1.72. The van der Waals surface area contributed by atoms with Gasteiger partial charge in [0, 0.05) is 6.54 Å². The fraction of sp³-hybridized carbons (Fsp3) is 0.400. The van der Waals surface area contributed by atoms with E-state index in [1.807, 2.05) is 12.1 Å². The van der Waals surface area contributed by atoms with Crippen LogP contribution in [0, 0.1) is 0 Å². The van der Waals surface area contributed by atoms with E-state index in [1.165, 1.54) is 30.4 Å². The molecule has 0 radical (unpaired) electrons. The number of nitrogens with zero attached hydrogens (tertiary/aromatic N) is 1. The van der Waals surface area contributed by atoms with Gasteiger partial charge in [0.25, 0.3) is 0 Å². The molecule has 2 heteroatoms. The average Bonchev–Trinajstić information content (AvgIpc) is 2.57. The van der Waals surface area contributed by atoms with Crippen molar-refractivity contribution in [2.75, 3.05) is 19.6 Å². The summed E-state index contributed by atoms with van der Waals surface area (Å²) in [6.45, 7) is 3.00. The van der Waals surface area contributed by atoms with Crippen LogP contribution in [-0.4, -0.2) is 29.6 Å². The van der Waals surface area contributed by atoms with Crippen LogP contribution in [0.2, 0.25) is 0 Å². The number of likely N-dealkylation sites (tertiary alicyclic amines) is 1. The summed E-state index contributed by atoms with van der Waals surface area (Å²) in [7, 11) is 0. The van der Waals surface area contributed by atoms with E-state index in [2.05, 4.69) is 47.4 Å². The zero-order chi connectivity index (χ0) is 15.2. The van der Waals surface area contributed by atoms with Gasteiger partial charge >= 0.3 is 0 Å². The number of hydrogen-bond acceptors (Lipinski definition) is 2. The Morgan fingerprint density at radius 3 is 2.32 bits per heavy atom. The second kappa shape index (κ2) is 7.57. The van der Waals surface area contributed by atoms with Crippen LogP contribution in [0.1, 0.15) is 42.1 Å². The summed E-state index contributed by atoms with van der Waals surface area (Å²) in [6.07, 6.45) is 4.35. The highest BCUT2D eigenvalue weighted by atomic mass is 16.3. The monoisotopic (exact) mass is 295 g/mol. The zero-order valence-corrected chi connectivity index (χ0v) is 13.1. The van der Waals surface area contributed by atoms with E-state index >= 15 is 0 Å². The van der Waals surface area contributed by atoms with Gasteiger partial charge in [-0.1, -0.05) is 61.0 Å². The third-order valence-electron chi connectivity index (χ3n) is 4.53. The van der Waals surface area contributed by atoms with Crippen LogP contribution in [-0.2, 0) is 6.42 Å². The number of rotatable bonds is 5. The second-order valence-corrected chi connectivity index (χ2v) is 6.24. The summed E-state index contributed by atoms with van der Waals surface area (Å²) >= 11 is 0. The molecule has 1 N–H and O–H groups in total. The minimum absolute atomic E-state index is 0.391. The third kappa shape index (κ3) is 3.96. The fourth-order valence-electron chi connectivity index (χ4n) is 3.32. The topological polar surface area (TPSA) is 23.5 Å². The molecule has 1 unspecified atom stereocenters. The van der Waals surface area contributed by atoms with Crippen LogP contribution >= 0.6 is 0 Å². The molecule has 1 atom stereocenters. The van der Waals surface area contributed by atoms with Gasteiger partial charge < -0.3 is 10.0 Å². The first-order valence-corrected chi connectivity index (χ1v) is 8.35. The van der Waals surface area contributed by atoms with E-state index in [1.54, 1.807) is 0 Å². The quantitative estimate of drug-likeness (QED) is 0.907. The maximum absolute atomic E-state index is 10.7. The minimum Gasteiger partial charge on any atom is -0.387 e. The highest BCUT2D eigenvalue weighted by Gasteiger charge is 2.18. The predicted molar refractivity (Wildman–Crippen MR) is 90.9 cm³/mol. The van der Waals surface area contributed by atoms with Crippen molar-refractivity contribution in [2.45, 2.75) is 31.8 Å². The van der Waals surface area contributed by atoms with Crippen molar-refractivity contribution < 1.29 is 5.11 Å². The van der Waals surface area contributed by atoms with Crippen LogP contribution in [0.4, 0.5) is 0 Å². The fourth-order valence-corrected chi connectivity index (χ4v) is 3.32. The minimum atomic E-state index is -0.391. The van der Waals surface area contributed by atoms with Crippen LogP contribution in [0.25, 0.3) is 0 Å². The Bertz CT molecular complexity index is 575. The molecular formula is C20H25NO. The Labute approximate surface area is 133 Å². The van der Waals surface area contributed by atoms with Gasteiger partial charge in [0.15, 0.2) is 0 Å². The Hall–Kier alpha value is -1.64. The molecule has 0 aliphatic carbocycles. The van der Waals surface area contributed by atoms with Crippen molar-refractivity contribution in [1.29, 1.82) is 0 Å². The van der Waals surface area contributed by atoms with E-state index in [0.717, 1.165) is 31.6 Å². The molecule has 1 aliphatic heterocycles. The van der Waals surface area contributed by atoms with Gasteiger partial charge in [-0.05, 0) is 49.0 Å². The number of aliphatic hydroxyl groups excluding tert-OH is 1. The van der Waals surface area contributed by atoms with Gasteiger partial charge in [-0.2, -0.15) is 0 Å². The van der Waals surface area contributed by atoms with Crippen molar-refractivity contribution in [1.82, 2.24) is 4.90 Å². The SMILES string of the molecule is OC(CN1CCCCC1)c1ccccc1Cc1ccccc1. The summed E-state index contributed by atoms with van der Waals surface area (Å²) in [5.41, 5.74) is 3.61. The second-order valence-electron chi connectivity index (χ2n) is 6.24. The summed E-state index contributed by atoms with van der Waals surface area (Å²) in [4.78, 5) is 2.40. The maximum Gasteiger partial charge on any atom is 0.0919 e. The van der Waals surface area contributed by atoms with Crippen LogP contribution in [0.3, 0.4) is 0 Å². The standard InChI is InChI=1S/C20H25NO/c22-20(16-21-13-7-2-8-14-21)19-12-6-5-11-18(19)15-17-9-3-1-4-10-17/h1,3-6,9-12,20,22H,2,7-8,13-16H2. The highest BCUT2D eigenvalue weighted by molar-refractivity contribution is 5.34. The van der Waals surface area contributed by atoms with Crippen LogP contribution < -0.4 is 0 Å². The van der Waals surface area contributed by atoms with E-state index in [-0.39, 0.29) is 0 Å². The molecule has 0 spiro atoms. The van der Waals surface area contributed by atoms with E-state index in [9.17, 15) is 5.11 Å². The number of β-amino-alcohol motifs (C(OH)–C–C–N with tert-alkyl or cyclic N) is 1. The normalized spacial score (nSPS) is 17.3. The van der Waals surface area contributed by atoms with Crippen molar-refractivity contribution in [2.24, 2.45) is 0 Å². The maximum atomic E-state index is 10.7. The van der Waals surface area contributed by atoms with Gasteiger partial charge in [-0.15, -0.1) is 0 Å². The lowest BCUT2D eigenvalue weighted by atomic mass is 9.96. The van der Waals surface area contributed by atoms with Gasteiger partial charge in [-0.3, -0.25) is 0 Å². The largest absolute Gasteiger partial charge is 0.387 e. The van der Waals surface area contributed by atoms with Crippen molar-refractivity contribution in [3.8, 4) is 0 Å². The lowest BCUT2D eigenvalue weighted by molar-refractivity contribution is 0.101. The first kappa shape index (κ1) is 15.3. The molecule has 0 saturated carbocycles. The van der Waals surface area contributed by atoms with E-state index in [0.29, 0.717) is 0 Å². The first-order valence-electron chi connectivity index (χ1n) is 8.35. The van der Waals surface area contributed by atoms with E-state index < -0.39 is 6.10 Å². The molecule has 2 nitrogen and oxygen atoms in total. The number of benzene rings is 2. The van der Waals surface area contributed by atoms with Gasteiger partial charge in [0.05, 0.1) is 6.10 Å². The average molecular weight is 295 g/mol. The van der Waals surface area contributed by atoms with Crippen molar-refractivity contribution in [3.63, 3.8) is 0 Å². The lowest BCUT2D eigenvalue weighted by Crippen LogP contribution is -2.33. The summed E-state index contributed by atoms with van der Waals surface area (Å²) in [5, 5.41) is 10.7. The molecule has 1 saturated heterocycles. The number of piperidine rings is 1. The summed E-state index contributed by atoms with van der Waals surface area (Å²) < 4.78 is 0. The molecule has 1 aliphatic rings. The molecule has 116 valence electrons. The Morgan fingerprint density at radius 2 is 1.55 bits per heavy atom. The molecule has 1 heterocycles. The predicted octanol–water partition coefficient (Wildman–Crippen LogP) is 3.80. The van der Waals surface area contributed by atoms with Crippen LogP contribution in [0.15, 0.2) is 54.6 Å². The van der Waals surface area contributed by atoms with Crippen molar-refractivity contribution >= 4 is 0 Å². The molecule has 22 heavy (non-hydrogen) atoms. The van der Waals surface area contributed by atoms with Crippen molar-refractivity contribution in [3.05, 3.63) is 71.3 Å². The highest BCUT2D eigenvalue weighted by Crippen LogP contribution is 2.23. The zero-order valence-electron chi connectivity index (χ0n) is 13.1. The molecule has 0 amide bonds. The molecule has 2 aromatic carbocycles. The van der Waals surface area contributed by atoms with Crippen LogP contribution in [0.5, 0.6) is 0 Å². The molecule has 2 aromatic rings. The Kier molecular flexibility index (Phi) is 5.25. The molecule has 3 rings (SSSR count). The van der Waals surface area contributed by atoms with Gasteiger partial charge in [-0.25, -0.2) is 0 Å². The first-order chi connectivity index (χ1) is 10.8.